The zero-order valence-electron chi connectivity index (χ0n) is 10.9. The molecule has 2 unspecified atom stereocenters. The standard InChI is InChI=1S/C12H24N2O2S/c1-3-13-8-11-4-6-14(9-11)12(2)5-7-17(15,16)10-12/h11,13H,3-10H2,1-2H3. The summed E-state index contributed by atoms with van der Waals surface area (Å²) in [5.41, 5.74) is -0.0974. The van der Waals surface area contributed by atoms with Crippen LogP contribution >= 0.6 is 0 Å². The molecule has 17 heavy (non-hydrogen) atoms. The third-order valence-corrected chi connectivity index (χ3v) is 6.10. The Labute approximate surface area is 105 Å². The van der Waals surface area contributed by atoms with Gasteiger partial charge in [0.25, 0.3) is 0 Å². The molecule has 2 heterocycles. The predicted molar refractivity (Wildman–Crippen MR) is 69.9 cm³/mol. The van der Waals surface area contributed by atoms with Crippen molar-refractivity contribution in [3.05, 3.63) is 0 Å². The first-order valence-electron chi connectivity index (χ1n) is 6.61. The first-order chi connectivity index (χ1) is 7.95. The molecule has 0 amide bonds. The molecule has 0 radical (unpaired) electrons. The first kappa shape index (κ1) is 13.3. The van der Waals surface area contributed by atoms with E-state index in [0.29, 0.717) is 17.4 Å². The van der Waals surface area contributed by atoms with Crippen molar-refractivity contribution in [2.24, 2.45) is 5.92 Å². The molecular weight excluding hydrogens is 236 g/mol. The van der Waals surface area contributed by atoms with E-state index in [0.717, 1.165) is 32.6 Å². The predicted octanol–water partition coefficient (Wildman–Crippen LogP) is 0.495. The molecule has 0 saturated carbocycles. The molecule has 2 saturated heterocycles. The molecule has 4 nitrogen and oxygen atoms in total. The number of nitrogens with one attached hydrogen (secondary N) is 1. The number of hydrogen-bond acceptors (Lipinski definition) is 4. The van der Waals surface area contributed by atoms with E-state index < -0.39 is 9.84 Å². The summed E-state index contributed by atoms with van der Waals surface area (Å²) in [6.07, 6.45) is 2.01. The van der Waals surface area contributed by atoms with Gasteiger partial charge < -0.3 is 5.32 Å². The minimum Gasteiger partial charge on any atom is -0.317 e. The highest BCUT2D eigenvalue weighted by Gasteiger charge is 2.44. The fraction of sp³-hybridized carbons (Fsp3) is 1.00. The molecule has 0 aromatic heterocycles. The fourth-order valence-corrected chi connectivity index (χ4v) is 5.25. The number of likely N-dealkylation sites (tertiary alicyclic amines) is 1. The second kappa shape index (κ2) is 4.86. The van der Waals surface area contributed by atoms with Crippen molar-refractivity contribution in [2.75, 3.05) is 37.7 Å². The molecule has 0 bridgehead atoms. The summed E-state index contributed by atoms with van der Waals surface area (Å²) in [6, 6.07) is 0. The van der Waals surface area contributed by atoms with Crippen LogP contribution in [0.5, 0.6) is 0 Å². The van der Waals surface area contributed by atoms with Crippen LogP contribution in [0.15, 0.2) is 0 Å². The van der Waals surface area contributed by atoms with E-state index in [-0.39, 0.29) is 5.54 Å². The number of hydrogen-bond donors (Lipinski definition) is 1. The number of nitrogens with zero attached hydrogens (tertiary/aromatic N) is 1. The van der Waals surface area contributed by atoms with Crippen molar-refractivity contribution in [3.63, 3.8) is 0 Å². The molecule has 0 spiro atoms. The third kappa shape index (κ3) is 3.01. The van der Waals surface area contributed by atoms with E-state index in [1.807, 2.05) is 0 Å². The molecular formula is C12H24N2O2S. The zero-order chi connectivity index (χ0) is 12.5. The van der Waals surface area contributed by atoms with Crippen LogP contribution in [-0.2, 0) is 9.84 Å². The Hall–Kier alpha value is -0.130. The molecule has 0 aromatic carbocycles. The molecule has 2 rings (SSSR count). The highest BCUT2D eigenvalue weighted by Crippen LogP contribution is 2.33. The van der Waals surface area contributed by atoms with Crippen LogP contribution in [0.4, 0.5) is 0 Å². The fourth-order valence-electron chi connectivity index (χ4n) is 3.08. The SMILES string of the molecule is CCNCC1CCN(C2(C)CCS(=O)(=O)C2)C1. The van der Waals surface area contributed by atoms with Gasteiger partial charge in [-0.25, -0.2) is 8.42 Å². The van der Waals surface area contributed by atoms with Crippen molar-refractivity contribution in [3.8, 4) is 0 Å². The third-order valence-electron chi connectivity index (χ3n) is 4.21. The van der Waals surface area contributed by atoms with Crippen LogP contribution in [0, 0.1) is 5.92 Å². The second-order valence-electron chi connectivity index (χ2n) is 5.75. The Morgan fingerprint density at radius 2 is 2.24 bits per heavy atom. The van der Waals surface area contributed by atoms with Crippen molar-refractivity contribution in [2.45, 2.75) is 32.2 Å². The summed E-state index contributed by atoms with van der Waals surface area (Å²) in [5, 5.41) is 3.39. The molecule has 2 aliphatic heterocycles. The van der Waals surface area contributed by atoms with Crippen molar-refractivity contribution < 1.29 is 8.42 Å². The maximum atomic E-state index is 11.6. The maximum absolute atomic E-state index is 11.6. The molecule has 1 N–H and O–H groups in total. The summed E-state index contributed by atoms with van der Waals surface area (Å²) >= 11 is 0. The van der Waals surface area contributed by atoms with E-state index >= 15 is 0 Å². The average molecular weight is 260 g/mol. The van der Waals surface area contributed by atoms with Gasteiger partial charge in [0, 0.05) is 12.1 Å². The molecule has 5 heteroatoms. The van der Waals surface area contributed by atoms with Gasteiger partial charge in [-0.05, 0) is 45.3 Å². The minimum atomic E-state index is -2.78. The lowest BCUT2D eigenvalue weighted by Gasteiger charge is -2.34. The van der Waals surface area contributed by atoms with Gasteiger partial charge in [0.15, 0.2) is 9.84 Å². The van der Waals surface area contributed by atoms with E-state index in [9.17, 15) is 8.42 Å². The highest BCUT2D eigenvalue weighted by atomic mass is 32.2. The van der Waals surface area contributed by atoms with Gasteiger partial charge in [-0.1, -0.05) is 6.92 Å². The Bertz CT molecular complexity index is 369. The van der Waals surface area contributed by atoms with Crippen LogP contribution in [0.25, 0.3) is 0 Å². The normalized spacial score (nSPS) is 37.6. The highest BCUT2D eigenvalue weighted by molar-refractivity contribution is 7.91. The summed E-state index contributed by atoms with van der Waals surface area (Å²) in [5.74, 6) is 1.42. The summed E-state index contributed by atoms with van der Waals surface area (Å²) in [6.45, 7) is 8.43. The second-order valence-corrected chi connectivity index (χ2v) is 7.93. The maximum Gasteiger partial charge on any atom is 0.152 e. The van der Waals surface area contributed by atoms with E-state index in [4.69, 9.17) is 0 Å². The lowest BCUT2D eigenvalue weighted by Crippen LogP contribution is -2.46. The van der Waals surface area contributed by atoms with Crippen LogP contribution in [0.2, 0.25) is 0 Å². The topological polar surface area (TPSA) is 49.4 Å². The summed E-state index contributed by atoms with van der Waals surface area (Å²) in [4.78, 5) is 2.40. The van der Waals surface area contributed by atoms with E-state index in [1.165, 1.54) is 6.42 Å². The van der Waals surface area contributed by atoms with Crippen molar-refractivity contribution in [1.82, 2.24) is 10.2 Å². The molecule has 2 atom stereocenters. The lowest BCUT2D eigenvalue weighted by molar-refractivity contribution is 0.155. The average Bonchev–Trinajstić information content (AvgIpc) is 2.81. The van der Waals surface area contributed by atoms with Gasteiger partial charge in [-0.2, -0.15) is 0 Å². The Morgan fingerprint density at radius 1 is 1.47 bits per heavy atom. The molecule has 2 fully saturated rings. The zero-order valence-corrected chi connectivity index (χ0v) is 11.7. The van der Waals surface area contributed by atoms with Gasteiger partial charge in [0.1, 0.15) is 0 Å². The quantitative estimate of drug-likeness (QED) is 0.799. The largest absolute Gasteiger partial charge is 0.317 e. The number of sulfone groups is 1. The lowest BCUT2D eigenvalue weighted by atomic mass is 10.00. The van der Waals surface area contributed by atoms with Gasteiger partial charge in [0.05, 0.1) is 11.5 Å². The Balaban J connectivity index is 1.92. The van der Waals surface area contributed by atoms with Crippen molar-refractivity contribution >= 4 is 9.84 Å². The molecule has 0 aliphatic carbocycles. The van der Waals surface area contributed by atoms with Crippen LogP contribution in [-0.4, -0.2) is 56.5 Å². The summed E-state index contributed by atoms with van der Waals surface area (Å²) in [7, 11) is -2.78. The van der Waals surface area contributed by atoms with E-state index in [2.05, 4.69) is 24.1 Å². The minimum absolute atomic E-state index is 0.0974. The number of rotatable bonds is 4. The monoisotopic (exact) mass is 260 g/mol. The van der Waals surface area contributed by atoms with Gasteiger partial charge in [-0.15, -0.1) is 0 Å². The molecule has 100 valence electrons. The van der Waals surface area contributed by atoms with Gasteiger partial charge >= 0.3 is 0 Å². The van der Waals surface area contributed by atoms with Gasteiger partial charge in [-0.3, -0.25) is 4.90 Å². The van der Waals surface area contributed by atoms with Crippen LogP contribution < -0.4 is 5.32 Å². The van der Waals surface area contributed by atoms with Crippen molar-refractivity contribution in [1.29, 1.82) is 0 Å². The van der Waals surface area contributed by atoms with Gasteiger partial charge in [0.2, 0.25) is 0 Å². The van der Waals surface area contributed by atoms with Crippen LogP contribution in [0.3, 0.4) is 0 Å². The molecule has 2 aliphatic rings. The first-order valence-corrected chi connectivity index (χ1v) is 8.43. The van der Waals surface area contributed by atoms with Crippen LogP contribution in [0.1, 0.15) is 26.7 Å². The Morgan fingerprint density at radius 3 is 2.82 bits per heavy atom. The van der Waals surface area contributed by atoms with E-state index in [1.54, 1.807) is 0 Å². The smallest absolute Gasteiger partial charge is 0.152 e. The molecule has 0 aromatic rings. The summed E-state index contributed by atoms with van der Waals surface area (Å²) < 4.78 is 23.2. The Kier molecular flexibility index (Phi) is 3.80.